The van der Waals surface area contributed by atoms with E-state index < -0.39 is 27.0 Å². The van der Waals surface area contributed by atoms with Crippen LogP contribution in [0.15, 0.2) is 47.4 Å². The van der Waals surface area contributed by atoms with E-state index in [2.05, 4.69) is 73.7 Å². The van der Waals surface area contributed by atoms with Crippen LogP contribution in [0.4, 0.5) is 0 Å². The van der Waals surface area contributed by atoms with E-state index in [0.717, 1.165) is 3.57 Å². The topological polar surface area (TPSA) is 110 Å². The van der Waals surface area contributed by atoms with Crippen LogP contribution in [-0.4, -0.2) is 24.9 Å². The maximum atomic E-state index is 13.1. The Morgan fingerprint density at radius 1 is 0.800 bits per heavy atom. The van der Waals surface area contributed by atoms with E-state index in [9.17, 15) is 22.6 Å². The van der Waals surface area contributed by atoms with Crippen LogP contribution in [-0.2, 0) is 10.1 Å². The lowest BCUT2D eigenvalue weighted by atomic mass is 10.0. The molecule has 180 valence electrons. The number of carbonyl (C=O) groups excluding carboxylic acids is 2. The summed E-state index contributed by atoms with van der Waals surface area (Å²) >= 11 is 9.60. The average Bonchev–Trinajstić information content (AvgIpc) is 2.74. The van der Waals surface area contributed by atoms with Crippen molar-refractivity contribution >= 4 is 135 Å². The van der Waals surface area contributed by atoms with Gasteiger partial charge in [-0.25, -0.2) is 18.0 Å². The number of benzene rings is 3. The maximum Gasteiger partial charge on any atom is 0.344 e. The maximum absolute atomic E-state index is 13.1. The molecule has 0 spiro atoms. The van der Waals surface area contributed by atoms with Gasteiger partial charge in [-0.05, 0) is 155 Å². The normalized spacial score (nSPS) is 11.0. The van der Waals surface area contributed by atoms with E-state index >= 15 is 0 Å². The highest BCUT2D eigenvalue weighted by atomic mass is 127. The largest absolute Gasteiger partial charge is 0.744 e. The Hall–Kier alpha value is -0.280. The predicted molar refractivity (Wildman–Crippen MR) is 169 cm³/mol. The number of rotatable bonds is 5. The summed E-state index contributed by atoms with van der Waals surface area (Å²) < 4.78 is 48.1. The molecule has 3 rings (SSSR count). The van der Waals surface area contributed by atoms with Crippen molar-refractivity contribution in [3.8, 4) is 23.8 Å². The quantitative estimate of drug-likeness (QED) is 0.101. The first kappa shape index (κ1) is 29.3. The summed E-state index contributed by atoms with van der Waals surface area (Å²) in [6.45, 7) is 0. The van der Waals surface area contributed by atoms with E-state index in [4.69, 9.17) is 15.9 Å². The second-order valence-corrected chi connectivity index (χ2v) is 13.8. The molecule has 13 heteroatoms. The summed E-state index contributed by atoms with van der Waals surface area (Å²) in [5.74, 6) is 1.05. The van der Waals surface area contributed by atoms with Gasteiger partial charge in [-0.15, -0.1) is 6.42 Å². The molecule has 0 aliphatic heterocycles. The molecule has 0 aromatic heterocycles. The Labute approximate surface area is 268 Å². The van der Waals surface area contributed by atoms with Crippen LogP contribution in [0.2, 0.25) is 0 Å². The molecular formula is C22H8I5O7S-. The van der Waals surface area contributed by atoms with Crippen LogP contribution in [0.25, 0.3) is 0 Å². The summed E-state index contributed by atoms with van der Waals surface area (Å²) in [6.07, 6.45) is 5.46. The molecule has 7 nitrogen and oxygen atoms in total. The molecule has 0 heterocycles. The third-order valence-electron chi connectivity index (χ3n) is 4.22. The van der Waals surface area contributed by atoms with Gasteiger partial charge in [0.05, 0.1) is 23.2 Å². The van der Waals surface area contributed by atoms with Crippen LogP contribution in [0.3, 0.4) is 0 Å². The Balaban J connectivity index is 1.99. The molecule has 0 aliphatic rings. The second-order valence-electron chi connectivity index (χ2n) is 6.55. The fourth-order valence-electron chi connectivity index (χ4n) is 2.75. The minimum Gasteiger partial charge on any atom is -0.744 e. The number of esters is 2. The van der Waals surface area contributed by atoms with Gasteiger partial charge in [-0.3, -0.25) is 0 Å². The Morgan fingerprint density at radius 3 is 1.86 bits per heavy atom. The number of carbonyl (C=O) groups is 2. The summed E-state index contributed by atoms with van der Waals surface area (Å²) in [5.41, 5.74) is 0.137. The summed E-state index contributed by atoms with van der Waals surface area (Å²) in [4.78, 5) is 25.7. The van der Waals surface area contributed by atoms with Crippen molar-refractivity contribution in [3.63, 3.8) is 0 Å². The SMILES string of the molecule is C#Cc1ccc(C(=O)Oc2c(I)cc(I)cc2I)c(C(=O)Oc2cc(I)c(S(=O)(=O)[O-])c(I)c2)c1. The summed E-state index contributed by atoms with van der Waals surface area (Å²) in [5, 5.41) is 0. The van der Waals surface area contributed by atoms with Crippen molar-refractivity contribution in [2.75, 3.05) is 0 Å². The van der Waals surface area contributed by atoms with E-state index in [1.165, 1.54) is 30.3 Å². The fourth-order valence-corrected chi connectivity index (χ4v) is 10.5. The van der Waals surface area contributed by atoms with E-state index in [0.29, 0.717) is 18.5 Å². The van der Waals surface area contributed by atoms with Gasteiger partial charge in [0, 0.05) is 16.3 Å². The van der Waals surface area contributed by atoms with Crippen LogP contribution in [0.5, 0.6) is 11.5 Å². The molecule has 0 unspecified atom stereocenters. The predicted octanol–water partition coefficient (Wildman–Crippen LogP) is 6.03. The van der Waals surface area contributed by atoms with Gasteiger partial charge in [0.1, 0.15) is 15.9 Å². The van der Waals surface area contributed by atoms with Gasteiger partial charge in [0.25, 0.3) is 0 Å². The van der Waals surface area contributed by atoms with Gasteiger partial charge < -0.3 is 14.0 Å². The number of terminal acetylenes is 1. The van der Waals surface area contributed by atoms with Crippen molar-refractivity contribution in [2.24, 2.45) is 0 Å². The molecule has 0 fully saturated rings. The zero-order valence-corrected chi connectivity index (χ0v) is 28.4. The van der Waals surface area contributed by atoms with Crippen molar-refractivity contribution in [1.82, 2.24) is 0 Å². The lowest BCUT2D eigenvalue weighted by Crippen LogP contribution is -2.19. The van der Waals surface area contributed by atoms with Crippen molar-refractivity contribution in [3.05, 3.63) is 77.0 Å². The molecule has 0 aliphatic carbocycles. The second kappa shape index (κ2) is 12.1. The van der Waals surface area contributed by atoms with Crippen LogP contribution < -0.4 is 9.47 Å². The highest BCUT2D eigenvalue weighted by molar-refractivity contribution is 14.1. The standard InChI is InChI=1S/C22H9I5O7S/c1-2-10-3-4-13(21(28)34-19-15(24)6-11(23)7-16(19)25)14(5-10)22(29)33-12-8-17(26)20(18(27)9-12)35(30,31)32/h1,3-9H,(H,30,31,32)/p-1. The number of hydrogen-bond donors (Lipinski definition) is 0. The van der Waals surface area contributed by atoms with E-state index in [1.807, 2.05) is 12.1 Å². The van der Waals surface area contributed by atoms with Crippen LogP contribution >= 0.6 is 113 Å². The molecule has 0 amide bonds. The van der Waals surface area contributed by atoms with Gasteiger partial charge in [-0.1, -0.05) is 5.92 Å². The summed E-state index contributed by atoms with van der Waals surface area (Å²) in [7, 11) is -4.72. The zero-order chi connectivity index (χ0) is 26.1. The Kier molecular flexibility index (Phi) is 10.1. The van der Waals surface area contributed by atoms with Crippen LogP contribution in [0, 0.1) is 30.2 Å². The summed E-state index contributed by atoms with van der Waals surface area (Å²) in [6, 6.07) is 10.4. The monoisotopic (exact) mass is 1050 g/mol. The zero-order valence-electron chi connectivity index (χ0n) is 16.8. The molecule has 0 saturated heterocycles. The van der Waals surface area contributed by atoms with Crippen molar-refractivity contribution in [1.29, 1.82) is 0 Å². The molecule has 35 heavy (non-hydrogen) atoms. The molecule has 3 aromatic carbocycles. The highest BCUT2D eigenvalue weighted by Crippen LogP contribution is 2.32. The molecule has 0 saturated carbocycles. The highest BCUT2D eigenvalue weighted by Gasteiger charge is 2.24. The Bertz CT molecular complexity index is 1480. The van der Waals surface area contributed by atoms with Gasteiger partial charge in [-0.2, -0.15) is 0 Å². The van der Waals surface area contributed by atoms with Crippen molar-refractivity contribution in [2.45, 2.75) is 4.90 Å². The van der Waals surface area contributed by atoms with Gasteiger partial charge in [0.15, 0.2) is 5.75 Å². The number of halogens is 5. The smallest absolute Gasteiger partial charge is 0.344 e. The van der Waals surface area contributed by atoms with Gasteiger partial charge >= 0.3 is 11.9 Å². The number of ether oxygens (including phenoxy) is 2. The third-order valence-corrected chi connectivity index (χ3v) is 9.82. The third kappa shape index (κ3) is 7.18. The molecule has 0 bridgehead atoms. The lowest BCUT2D eigenvalue weighted by molar-refractivity contribution is 0.0690. The van der Waals surface area contributed by atoms with Crippen molar-refractivity contribution < 1.29 is 32.0 Å². The Morgan fingerprint density at radius 2 is 1.34 bits per heavy atom. The average molecular weight is 1050 g/mol. The fraction of sp³-hybridized carbons (Fsp3) is 0. The number of hydrogen-bond acceptors (Lipinski definition) is 7. The molecule has 0 radical (unpaired) electrons. The lowest BCUT2D eigenvalue weighted by Gasteiger charge is -2.15. The first-order valence-corrected chi connectivity index (χ1v) is 15.8. The van der Waals surface area contributed by atoms with Gasteiger partial charge in [0.2, 0.25) is 0 Å². The molecule has 3 aromatic rings. The first-order valence-electron chi connectivity index (χ1n) is 8.96. The molecule has 0 atom stereocenters. The minimum absolute atomic E-state index is 0.0108. The first-order chi connectivity index (χ1) is 16.3. The molecule has 0 N–H and O–H groups in total. The van der Waals surface area contributed by atoms with Crippen LogP contribution in [0.1, 0.15) is 26.3 Å². The van der Waals surface area contributed by atoms with E-state index in [-0.39, 0.29) is 24.0 Å². The van der Waals surface area contributed by atoms with E-state index in [1.54, 1.807) is 45.2 Å². The molecular weight excluding hydrogens is 1040 g/mol. The minimum atomic E-state index is -4.72.